The van der Waals surface area contributed by atoms with Crippen LogP contribution in [-0.4, -0.2) is 48.9 Å². The van der Waals surface area contributed by atoms with Gasteiger partial charge in [0, 0.05) is 10.8 Å². The van der Waals surface area contributed by atoms with E-state index in [1.807, 2.05) is 6.92 Å². The van der Waals surface area contributed by atoms with Gasteiger partial charge in [0.2, 0.25) is 15.6 Å². The quantitative estimate of drug-likeness (QED) is 0.237. The molecule has 3 atom stereocenters. The number of anilines is 1. The average molecular weight is 565 g/mol. The molecule has 34 heavy (non-hydrogen) atoms. The van der Waals surface area contributed by atoms with Gasteiger partial charge in [0.05, 0.1) is 5.02 Å². The summed E-state index contributed by atoms with van der Waals surface area (Å²) in [4.78, 5) is 39.9. The van der Waals surface area contributed by atoms with Crippen molar-refractivity contribution in [2.24, 2.45) is 5.92 Å². The first kappa shape index (κ1) is 25.2. The molecule has 3 heterocycles. The van der Waals surface area contributed by atoms with Crippen molar-refractivity contribution in [3.8, 4) is 11.3 Å². The van der Waals surface area contributed by atoms with E-state index in [9.17, 15) is 14.4 Å². The highest BCUT2D eigenvalue weighted by Gasteiger charge is 2.57. The van der Waals surface area contributed by atoms with E-state index < -0.39 is 39.5 Å². The number of ether oxygens (including phenoxy) is 1. The zero-order chi connectivity index (χ0) is 24.8. The van der Waals surface area contributed by atoms with Crippen LogP contribution in [0.3, 0.4) is 0 Å². The van der Waals surface area contributed by atoms with Gasteiger partial charge in [-0.2, -0.15) is 0 Å². The molecule has 4 rings (SSSR count). The summed E-state index contributed by atoms with van der Waals surface area (Å²) in [6, 6.07) is 6.98. The fourth-order valence-electron chi connectivity index (χ4n) is 3.61. The SMILES string of the molecule is Cc1onc(-c2ccccc2Cl)c1NC(=O)C1C(=O)N2C(C(=O)OCC(Cl)(Cl)Cl)=CC(C)SC12. The van der Waals surface area contributed by atoms with Crippen LogP contribution in [0, 0.1) is 12.8 Å². The van der Waals surface area contributed by atoms with Crippen molar-refractivity contribution in [3.63, 3.8) is 0 Å². The van der Waals surface area contributed by atoms with E-state index in [1.54, 1.807) is 37.3 Å². The number of hydrogen-bond acceptors (Lipinski definition) is 7. The van der Waals surface area contributed by atoms with Crippen LogP contribution in [0.5, 0.6) is 0 Å². The molecule has 0 saturated carbocycles. The minimum Gasteiger partial charge on any atom is -0.456 e. The number of aromatic nitrogens is 1. The molecule has 3 unspecified atom stereocenters. The number of nitrogens with one attached hydrogen (secondary N) is 1. The Labute approximate surface area is 218 Å². The Kier molecular flexibility index (Phi) is 7.13. The van der Waals surface area contributed by atoms with Crippen molar-refractivity contribution in [1.29, 1.82) is 0 Å². The molecular formula is C21H17Cl4N3O5S. The summed E-state index contributed by atoms with van der Waals surface area (Å²) < 4.78 is 8.50. The Morgan fingerprint density at radius 1 is 1.29 bits per heavy atom. The molecule has 1 saturated heterocycles. The molecule has 13 heteroatoms. The van der Waals surface area contributed by atoms with Crippen LogP contribution < -0.4 is 5.32 Å². The number of nitrogens with zero attached hydrogens (tertiary/aromatic N) is 2. The number of fused-ring (bicyclic) bond motifs is 1. The number of hydrogen-bond donors (Lipinski definition) is 1. The molecule has 2 aliphatic rings. The van der Waals surface area contributed by atoms with Crippen LogP contribution in [0.2, 0.25) is 5.02 Å². The zero-order valence-electron chi connectivity index (χ0n) is 17.7. The second-order valence-electron chi connectivity index (χ2n) is 7.59. The van der Waals surface area contributed by atoms with E-state index in [-0.39, 0.29) is 10.9 Å². The molecule has 1 fully saturated rings. The Balaban J connectivity index is 1.53. The van der Waals surface area contributed by atoms with Crippen LogP contribution in [0.15, 0.2) is 40.6 Å². The number of thioether (sulfide) groups is 1. The lowest BCUT2D eigenvalue weighted by Gasteiger charge is -2.48. The topological polar surface area (TPSA) is 102 Å². The van der Waals surface area contributed by atoms with Gasteiger partial charge >= 0.3 is 5.97 Å². The van der Waals surface area contributed by atoms with E-state index in [2.05, 4.69) is 10.5 Å². The second kappa shape index (κ2) is 9.62. The Bertz CT molecular complexity index is 1200. The van der Waals surface area contributed by atoms with Gasteiger partial charge in [0.1, 0.15) is 35.0 Å². The van der Waals surface area contributed by atoms with Gasteiger partial charge in [-0.05, 0) is 26.0 Å². The van der Waals surface area contributed by atoms with Crippen LogP contribution >= 0.6 is 58.2 Å². The molecule has 0 aliphatic carbocycles. The third kappa shape index (κ3) is 4.90. The van der Waals surface area contributed by atoms with E-state index in [0.29, 0.717) is 27.7 Å². The number of carbonyl (C=O) groups is 3. The molecule has 0 spiro atoms. The number of carbonyl (C=O) groups excluding carboxylic acids is 3. The molecule has 1 N–H and O–H groups in total. The zero-order valence-corrected chi connectivity index (χ0v) is 21.5. The maximum Gasteiger partial charge on any atom is 0.354 e. The molecule has 2 aliphatic heterocycles. The van der Waals surface area contributed by atoms with Crippen molar-refractivity contribution >= 4 is 81.6 Å². The summed E-state index contributed by atoms with van der Waals surface area (Å²) in [5, 5.41) is 6.42. The van der Waals surface area contributed by atoms with Gasteiger partial charge in [-0.3, -0.25) is 14.5 Å². The summed E-state index contributed by atoms with van der Waals surface area (Å²) in [6.07, 6.45) is 1.58. The van der Waals surface area contributed by atoms with E-state index in [0.717, 1.165) is 0 Å². The highest BCUT2D eigenvalue weighted by Crippen LogP contribution is 2.45. The molecule has 2 amide bonds. The van der Waals surface area contributed by atoms with Crippen LogP contribution in [0.1, 0.15) is 12.7 Å². The number of amides is 2. The Morgan fingerprint density at radius 2 is 2.00 bits per heavy atom. The predicted octanol–water partition coefficient (Wildman–Crippen LogP) is 4.96. The van der Waals surface area contributed by atoms with E-state index in [1.165, 1.54) is 16.7 Å². The normalized spacial score (nSPS) is 21.9. The minimum absolute atomic E-state index is 0.0115. The lowest BCUT2D eigenvalue weighted by Crippen LogP contribution is -2.65. The highest BCUT2D eigenvalue weighted by molar-refractivity contribution is 8.00. The fourth-order valence-corrected chi connectivity index (χ4v) is 5.38. The molecule has 0 bridgehead atoms. The lowest BCUT2D eigenvalue weighted by molar-refractivity contribution is -0.157. The third-order valence-corrected chi connectivity index (χ3v) is 7.13. The number of rotatable bonds is 5. The van der Waals surface area contributed by atoms with E-state index >= 15 is 0 Å². The maximum absolute atomic E-state index is 13.2. The van der Waals surface area contributed by atoms with Crippen molar-refractivity contribution < 1.29 is 23.6 Å². The lowest BCUT2D eigenvalue weighted by atomic mass is 9.95. The molecule has 180 valence electrons. The molecule has 1 aromatic heterocycles. The number of aryl methyl sites for hydroxylation is 1. The maximum atomic E-state index is 13.2. The standard InChI is InChI=1S/C21H17Cl4N3O5S/c1-9-7-13(20(31)32-8-21(23,24)25)28-18(30)14(19(28)34-9)17(29)26-15-10(2)33-27-16(15)11-5-3-4-6-12(11)22/h3-7,9,14,19H,8H2,1-2H3,(H,26,29). The Hall–Kier alpha value is -1.91. The monoisotopic (exact) mass is 563 g/mol. The predicted molar refractivity (Wildman–Crippen MR) is 131 cm³/mol. The van der Waals surface area contributed by atoms with Crippen molar-refractivity contribution in [1.82, 2.24) is 10.1 Å². The van der Waals surface area contributed by atoms with Gasteiger partial charge in [-0.1, -0.05) is 69.8 Å². The number of esters is 1. The molecule has 2 aromatic rings. The third-order valence-electron chi connectivity index (χ3n) is 5.15. The minimum atomic E-state index is -1.79. The average Bonchev–Trinajstić information content (AvgIpc) is 3.11. The Morgan fingerprint density at radius 3 is 2.68 bits per heavy atom. The summed E-state index contributed by atoms with van der Waals surface area (Å²) >= 11 is 24.6. The van der Waals surface area contributed by atoms with Gasteiger partial charge < -0.3 is 14.6 Å². The fraction of sp³-hybridized carbons (Fsp3) is 0.333. The van der Waals surface area contributed by atoms with Crippen molar-refractivity contribution in [2.45, 2.75) is 28.3 Å². The van der Waals surface area contributed by atoms with Gasteiger partial charge in [-0.25, -0.2) is 4.79 Å². The summed E-state index contributed by atoms with van der Waals surface area (Å²) in [5.41, 5.74) is 1.24. The number of halogens is 4. The van der Waals surface area contributed by atoms with Crippen LogP contribution in [-0.2, 0) is 19.1 Å². The van der Waals surface area contributed by atoms with Crippen LogP contribution in [0.4, 0.5) is 5.69 Å². The van der Waals surface area contributed by atoms with E-state index in [4.69, 9.17) is 55.7 Å². The van der Waals surface area contributed by atoms with Crippen LogP contribution in [0.25, 0.3) is 11.3 Å². The summed E-state index contributed by atoms with van der Waals surface area (Å²) in [7, 11) is 0. The van der Waals surface area contributed by atoms with Crippen molar-refractivity contribution in [2.75, 3.05) is 11.9 Å². The second-order valence-corrected chi connectivity index (χ2v) is 12.0. The summed E-state index contributed by atoms with van der Waals surface area (Å²) in [6.45, 7) is 2.99. The largest absolute Gasteiger partial charge is 0.456 e. The first-order valence-corrected chi connectivity index (χ1v) is 12.4. The van der Waals surface area contributed by atoms with Gasteiger partial charge in [0.25, 0.3) is 0 Å². The highest BCUT2D eigenvalue weighted by atomic mass is 35.6. The number of β-lactam (4-membered cyclic amide) rings is 1. The van der Waals surface area contributed by atoms with Gasteiger partial charge in [-0.15, -0.1) is 11.8 Å². The first-order valence-electron chi connectivity index (χ1n) is 9.94. The first-order chi connectivity index (χ1) is 16.0. The molecular weight excluding hydrogens is 548 g/mol. The van der Waals surface area contributed by atoms with Crippen molar-refractivity contribution in [3.05, 3.63) is 46.8 Å². The number of alkyl halides is 3. The molecule has 0 radical (unpaired) electrons. The molecule has 8 nitrogen and oxygen atoms in total. The number of benzene rings is 1. The van der Waals surface area contributed by atoms with Gasteiger partial charge in [0.15, 0.2) is 5.76 Å². The smallest absolute Gasteiger partial charge is 0.354 e. The summed E-state index contributed by atoms with van der Waals surface area (Å²) in [5.74, 6) is -2.60. The molecule has 1 aromatic carbocycles.